The van der Waals surface area contributed by atoms with Crippen molar-refractivity contribution in [3.63, 3.8) is 0 Å². The van der Waals surface area contributed by atoms with Crippen LogP contribution in [0, 0.1) is 0 Å². The lowest BCUT2D eigenvalue weighted by atomic mass is 9.96. The maximum atomic E-state index is 5.26. The van der Waals surface area contributed by atoms with E-state index in [2.05, 4.69) is 68.5 Å². The summed E-state index contributed by atoms with van der Waals surface area (Å²) < 4.78 is 0. The highest BCUT2D eigenvalue weighted by Crippen LogP contribution is 2.34. The average molecular weight is 669 g/mol. The van der Waals surface area contributed by atoms with E-state index in [9.17, 15) is 0 Å². The minimum Gasteiger partial charge on any atom is -0.265 e. The van der Waals surface area contributed by atoms with Crippen LogP contribution in [0.1, 0.15) is 22.3 Å². The first-order valence-corrected chi connectivity index (χ1v) is 16.8. The molecule has 8 nitrogen and oxygen atoms in total. The molecule has 0 spiro atoms. The third-order valence-electron chi connectivity index (χ3n) is 8.93. The van der Waals surface area contributed by atoms with Gasteiger partial charge in [-0.2, -0.15) is 0 Å². The van der Waals surface area contributed by atoms with Crippen LogP contribution in [0.25, 0.3) is 45.0 Å². The molecule has 8 heteroatoms. The van der Waals surface area contributed by atoms with E-state index in [1.807, 2.05) is 72.8 Å². The average Bonchev–Trinajstić information content (AvgIpc) is 3.22. The van der Waals surface area contributed by atoms with Crippen molar-refractivity contribution in [2.45, 2.75) is 0 Å². The molecule has 0 atom stereocenters. The highest BCUT2D eigenvalue weighted by molar-refractivity contribution is 6.22. The van der Waals surface area contributed by atoms with Gasteiger partial charge in [0.2, 0.25) is 0 Å². The lowest BCUT2D eigenvalue weighted by Crippen LogP contribution is -2.10. The molecule has 0 amide bonds. The minimum absolute atomic E-state index is 0.727. The summed E-state index contributed by atoms with van der Waals surface area (Å²) in [6, 6.07) is 40.6. The van der Waals surface area contributed by atoms with Crippen LogP contribution in [-0.4, -0.2) is 41.3 Å². The number of aliphatic imine (C=N–C) groups is 2. The second-order valence-corrected chi connectivity index (χ2v) is 12.1. The first-order valence-electron chi connectivity index (χ1n) is 16.8. The van der Waals surface area contributed by atoms with Crippen molar-refractivity contribution in [1.29, 1.82) is 0 Å². The summed E-state index contributed by atoms with van der Waals surface area (Å²) in [5, 5.41) is 0. The van der Waals surface area contributed by atoms with Crippen molar-refractivity contribution in [2.75, 3.05) is 0 Å². The first-order chi connectivity index (χ1) is 25.8. The van der Waals surface area contributed by atoms with Crippen LogP contribution < -0.4 is 0 Å². The number of hydrogen-bond donors (Lipinski definition) is 0. The van der Waals surface area contributed by atoms with Gasteiger partial charge in [-0.3, -0.25) is 19.9 Å². The van der Waals surface area contributed by atoms with Gasteiger partial charge in [0.1, 0.15) is 0 Å². The zero-order valence-corrected chi connectivity index (χ0v) is 27.7. The van der Waals surface area contributed by atoms with Crippen LogP contribution in [0.15, 0.2) is 181 Å². The number of benzene rings is 2. The second kappa shape index (κ2) is 13.5. The van der Waals surface area contributed by atoms with Gasteiger partial charge in [-0.25, -0.2) is 20.0 Å². The summed E-state index contributed by atoms with van der Waals surface area (Å²) in [6.07, 6.45) is 14.3. The van der Waals surface area contributed by atoms with Crippen LogP contribution in [0.2, 0.25) is 0 Å². The molecule has 0 bridgehead atoms. The molecular weight excluding hydrogens is 641 g/mol. The molecule has 6 aromatic heterocycles. The summed E-state index contributed by atoms with van der Waals surface area (Å²) in [5.41, 5.74) is 14.3. The van der Waals surface area contributed by atoms with Gasteiger partial charge in [-0.05, 0) is 60.7 Å². The molecule has 7 heterocycles. The molecule has 0 saturated carbocycles. The predicted molar refractivity (Wildman–Crippen MR) is 205 cm³/mol. The minimum atomic E-state index is 0.727. The van der Waals surface area contributed by atoms with Gasteiger partial charge in [0.25, 0.3) is 0 Å². The van der Waals surface area contributed by atoms with E-state index in [0.29, 0.717) is 0 Å². The SMILES string of the molecule is c1cc(-c2ccncc2)nc(-c2ccc(C3=Nc4cnccc4C(c4ccc(-c5cccc(-c6ccncc6)n5)cc4)=Nc4cnccc43)cc2)c1. The Hall–Kier alpha value is -7.32. The normalized spacial score (nSPS) is 12.1. The van der Waals surface area contributed by atoms with E-state index in [-0.39, 0.29) is 0 Å². The monoisotopic (exact) mass is 668 g/mol. The third kappa shape index (κ3) is 6.05. The van der Waals surface area contributed by atoms with E-state index in [4.69, 9.17) is 20.0 Å². The van der Waals surface area contributed by atoms with Crippen molar-refractivity contribution in [1.82, 2.24) is 29.9 Å². The Morgan fingerprint density at radius 3 is 1.00 bits per heavy atom. The van der Waals surface area contributed by atoms with Gasteiger partial charge < -0.3 is 0 Å². The number of pyridine rings is 6. The fourth-order valence-corrected chi connectivity index (χ4v) is 6.31. The topological polar surface area (TPSA) is 102 Å². The van der Waals surface area contributed by atoms with E-state index in [0.717, 1.165) is 90.1 Å². The smallest absolute Gasteiger partial charge is 0.0914 e. The quantitative estimate of drug-likeness (QED) is 0.175. The molecule has 0 aliphatic carbocycles. The molecule has 1 aliphatic rings. The number of fused-ring (bicyclic) bond motifs is 2. The molecule has 0 N–H and O–H groups in total. The lowest BCUT2D eigenvalue weighted by Gasteiger charge is -2.18. The van der Waals surface area contributed by atoms with E-state index >= 15 is 0 Å². The van der Waals surface area contributed by atoms with Crippen molar-refractivity contribution in [2.24, 2.45) is 9.98 Å². The van der Waals surface area contributed by atoms with Gasteiger partial charge in [-0.1, -0.05) is 60.7 Å². The maximum Gasteiger partial charge on any atom is 0.0914 e. The summed E-state index contributed by atoms with van der Waals surface area (Å²) >= 11 is 0. The second-order valence-electron chi connectivity index (χ2n) is 12.1. The predicted octanol–water partition coefficient (Wildman–Crippen LogP) is 9.38. The fourth-order valence-electron chi connectivity index (χ4n) is 6.31. The molecule has 0 fully saturated rings. The molecule has 0 radical (unpaired) electrons. The summed E-state index contributed by atoms with van der Waals surface area (Å²) in [7, 11) is 0. The Labute approximate surface area is 300 Å². The largest absolute Gasteiger partial charge is 0.265 e. The Morgan fingerprint density at radius 1 is 0.288 bits per heavy atom. The molecule has 1 aliphatic heterocycles. The molecule has 0 unspecified atom stereocenters. The molecule has 244 valence electrons. The molecule has 8 aromatic rings. The van der Waals surface area contributed by atoms with E-state index < -0.39 is 0 Å². The van der Waals surface area contributed by atoms with Crippen molar-refractivity contribution in [3.05, 3.63) is 193 Å². The standard InChI is InChI=1S/C44H28N8/c1-3-37(49-39(5-1)31-15-21-45-22-16-31)29-7-11-33(12-8-29)43-35-19-25-47-27-41(35)52-44(36-20-26-48-28-42(36)51-43)34-13-9-30(10-14-34)38-4-2-6-40(50-38)32-17-23-46-24-18-32/h1-28H. The molecule has 52 heavy (non-hydrogen) atoms. The Kier molecular flexibility index (Phi) is 7.99. The van der Waals surface area contributed by atoms with E-state index in [1.165, 1.54) is 0 Å². The number of aromatic nitrogens is 6. The van der Waals surface area contributed by atoms with Crippen LogP contribution in [0.3, 0.4) is 0 Å². The maximum absolute atomic E-state index is 5.26. The Balaban J connectivity index is 1.07. The summed E-state index contributed by atoms with van der Waals surface area (Å²) in [4.78, 5) is 37.5. The summed E-state index contributed by atoms with van der Waals surface area (Å²) in [6.45, 7) is 0. The highest BCUT2D eigenvalue weighted by atomic mass is 14.9. The highest BCUT2D eigenvalue weighted by Gasteiger charge is 2.21. The van der Waals surface area contributed by atoms with Gasteiger partial charge in [0.15, 0.2) is 0 Å². The molecule has 0 saturated heterocycles. The molecule has 9 rings (SSSR count). The number of rotatable bonds is 6. The molecule has 2 aromatic carbocycles. The Bertz CT molecular complexity index is 2420. The van der Waals surface area contributed by atoms with Crippen LogP contribution in [-0.2, 0) is 0 Å². The van der Waals surface area contributed by atoms with Crippen LogP contribution in [0.4, 0.5) is 11.4 Å². The zero-order chi connectivity index (χ0) is 34.7. The van der Waals surface area contributed by atoms with Crippen LogP contribution >= 0.6 is 0 Å². The summed E-state index contributed by atoms with van der Waals surface area (Å²) in [5.74, 6) is 0. The van der Waals surface area contributed by atoms with Crippen molar-refractivity contribution < 1.29 is 0 Å². The number of hydrogen-bond acceptors (Lipinski definition) is 8. The third-order valence-corrected chi connectivity index (χ3v) is 8.93. The van der Waals surface area contributed by atoms with Gasteiger partial charge in [-0.15, -0.1) is 0 Å². The van der Waals surface area contributed by atoms with Gasteiger partial charge >= 0.3 is 0 Å². The number of nitrogens with zero attached hydrogens (tertiary/aromatic N) is 8. The van der Waals surface area contributed by atoms with Crippen molar-refractivity contribution >= 4 is 22.8 Å². The first kappa shape index (κ1) is 30.7. The lowest BCUT2D eigenvalue weighted by molar-refractivity contribution is 1.26. The van der Waals surface area contributed by atoms with Crippen molar-refractivity contribution in [3.8, 4) is 45.0 Å². The zero-order valence-electron chi connectivity index (χ0n) is 27.7. The Morgan fingerprint density at radius 2 is 0.615 bits per heavy atom. The van der Waals surface area contributed by atoms with Gasteiger partial charge in [0, 0.05) is 81.7 Å². The fraction of sp³-hybridized carbons (Fsp3) is 0. The molecular formula is C44H28N8. The van der Waals surface area contributed by atoms with Crippen LogP contribution in [0.5, 0.6) is 0 Å². The van der Waals surface area contributed by atoms with Gasteiger partial charge in [0.05, 0.1) is 58.0 Å². The van der Waals surface area contributed by atoms with E-state index in [1.54, 1.807) is 49.6 Å².